The molecule has 0 spiro atoms. The smallest absolute Gasteiger partial charge is 0.125 e. The molecular weight excluding hydrogens is 214 g/mol. The molecule has 0 aliphatic carbocycles. The predicted octanol–water partition coefficient (Wildman–Crippen LogP) is 1.81. The number of aliphatic hydroxyl groups excluding tert-OH is 1. The molecule has 84 valence electrons. The van der Waals surface area contributed by atoms with Gasteiger partial charge in [0.05, 0.1) is 6.61 Å². The molecule has 0 saturated heterocycles. The highest BCUT2D eigenvalue weighted by atomic mass is 35.5. The Morgan fingerprint density at radius 2 is 2.27 bits per heavy atom. The second-order valence-electron chi connectivity index (χ2n) is 3.52. The molecule has 0 amide bonds. The number of hydrogen-bond donors (Lipinski definition) is 2. The van der Waals surface area contributed by atoms with Gasteiger partial charge in [0.2, 0.25) is 0 Å². The van der Waals surface area contributed by atoms with Crippen LogP contribution in [-0.4, -0.2) is 18.3 Å². The molecule has 4 heteroatoms. The maximum atomic E-state index is 8.86. The third kappa shape index (κ3) is 3.38. The van der Waals surface area contributed by atoms with E-state index in [-0.39, 0.29) is 12.5 Å². The molecule has 0 fully saturated rings. The number of hydrogen-bond acceptors (Lipinski definition) is 3. The molecule has 1 atom stereocenters. The van der Waals surface area contributed by atoms with Gasteiger partial charge in [-0.15, -0.1) is 0 Å². The van der Waals surface area contributed by atoms with E-state index >= 15 is 0 Å². The zero-order chi connectivity index (χ0) is 11.3. The number of nitrogens with two attached hydrogens (primary N) is 1. The van der Waals surface area contributed by atoms with E-state index in [2.05, 4.69) is 0 Å². The van der Waals surface area contributed by atoms with Crippen molar-refractivity contribution >= 4 is 11.6 Å². The Hall–Kier alpha value is -0.770. The van der Waals surface area contributed by atoms with E-state index < -0.39 is 0 Å². The maximum Gasteiger partial charge on any atom is 0.125 e. The van der Waals surface area contributed by atoms with Gasteiger partial charge in [0.1, 0.15) is 5.75 Å². The first-order chi connectivity index (χ1) is 7.19. The summed E-state index contributed by atoms with van der Waals surface area (Å²) in [6.07, 6.45) is 0. The van der Waals surface area contributed by atoms with Gasteiger partial charge < -0.3 is 15.6 Å². The molecule has 1 aromatic carbocycles. The van der Waals surface area contributed by atoms with E-state index in [1.165, 1.54) is 0 Å². The first kappa shape index (κ1) is 12.3. The molecule has 3 N–H and O–H groups in total. The Balaban J connectivity index is 2.72. The lowest BCUT2D eigenvalue weighted by molar-refractivity contribution is 0.173. The van der Waals surface area contributed by atoms with Crippen LogP contribution in [0.15, 0.2) is 18.2 Å². The summed E-state index contributed by atoms with van der Waals surface area (Å²) >= 11 is 5.97. The highest BCUT2D eigenvalue weighted by molar-refractivity contribution is 6.31. The van der Waals surface area contributed by atoms with Crippen molar-refractivity contribution in [2.45, 2.75) is 13.5 Å². The Morgan fingerprint density at radius 1 is 1.53 bits per heavy atom. The summed E-state index contributed by atoms with van der Waals surface area (Å²) in [4.78, 5) is 0. The van der Waals surface area contributed by atoms with Crippen LogP contribution in [0.1, 0.15) is 12.5 Å². The van der Waals surface area contributed by atoms with Crippen LogP contribution in [0.2, 0.25) is 5.02 Å². The van der Waals surface area contributed by atoms with Gasteiger partial charge in [0.15, 0.2) is 0 Å². The fourth-order valence-corrected chi connectivity index (χ4v) is 1.40. The molecule has 0 heterocycles. The third-order valence-corrected chi connectivity index (χ3v) is 2.47. The Morgan fingerprint density at radius 3 is 2.87 bits per heavy atom. The predicted molar refractivity (Wildman–Crippen MR) is 61.1 cm³/mol. The lowest BCUT2D eigenvalue weighted by Gasteiger charge is -2.14. The third-order valence-electron chi connectivity index (χ3n) is 2.12. The first-order valence-electron chi connectivity index (χ1n) is 4.90. The lowest BCUT2D eigenvalue weighted by atomic mass is 10.2. The van der Waals surface area contributed by atoms with Crippen molar-refractivity contribution in [3.8, 4) is 5.75 Å². The molecule has 0 aliphatic rings. The first-order valence-corrected chi connectivity index (χ1v) is 5.28. The second kappa shape index (κ2) is 5.95. The van der Waals surface area contributed by atoms with Crippen molar-refractivity contribution in [1.29, 1.82) is 0 Å². The summed E-state index contributed by atoms with van der Waals surface area (Å²) in [5.41, 5.74) is 6.39. The van der Waals surface area contributed by atoms with Crippen LogP contribution in [-0.2, 0) is 6.54 Å². The van der Waals surface area contributed by atoms with E-state index in [4.69, 9.17) is 27.2 Å². The van der Waals surface area contributed by atoms with Crippen molar-refractivity contribution in [3.05, 3.63) is 28.8 Å². The van der Waals surface area contributed by atoms with Gasteiger partial charge in [-0.3, -0.25) is 0 Å². The zero-order valence-corrected chi connectivity index (χ0v) is 9.50. The lowest BCUT2D eigenvalue weighted by Crippen LogP contribution is -2.13. The quantitative estimate of drug-likeness (QED) is 0.810. The van der Waals surface area contributed by atoms with Crippen molar-refractivity contribution in [2.75, 3.05) is 13.2 Å². The van der Waals surface area contributed by atoms with Crippen LogP contribution in [0.4, 0.5) is 0 Å². The maximum absolute atomic E-state index is 8.86. The highest BCUT2D eigenvalue weighted by Crippen LogP contribution is 2.26. The number of ether oxygens (including phenoxy) is 1. The summed E-state index contributed by atoms with van der Waals surface area (Å²) in [5.74, 6) is 0.805. The minimum Gasteiger partial charge on any atom is -0.493 e. The minimum atomic E-state index is 0.106. The van der Waals surface area contributed by atoms with E-state index in [0.717, 1.165) is 5.56 Å². The summed E-state index contributed by atoms with van der Waals surface area (Å²) in [6.45, 7) is 2.83. The van der Waals surface area contributed by atoms with Crippen LogP contribution in [0.5, 0.6) is 5.75 Å². The summed E-state index contributed by atoms with van der Waals surface area (Å²) < 4.78 is 5.54. The van der Waals surface area contributed by atoms with Crippen LogP contribution >= 0.6 is 11.6 Å². The van der Waals surface area contributed by atoms with Gasteiger partial charge in [-0.25, -0.2) is 0 Å². The van der Waals surface area contributed by atoms with E-state index in [9.17, 15) is 0 Å². The monoisotopic (exact) mass is 229 g/mol. The van der Waals surface area contributed by atoms with Crippen LogP contribution in [0.3, 0.4) is 0 Å². The van der Waals surface area contributed by atoms with Crippen molar-refractivity contribution in [2.24, 2.45) is 11.7 Å². The molecule has 1 aromatic rings. The molecule has 0 radical (unpaired) electrons. The summed E-state index contributed by atoms with van der Waals surface area (Å²) in [7, 11) is 0. The topological polar surface area (TPSA) is 55.5 Å². The zero-order valence-electron chi connectivity index (χ0n) is 8.74. The molecular formula is C11H16ClNO2. The van der Waals surface area contributed by atoms with Gasteiger partial charge in [0, 0.05) is 29.7 Å². The van der Waals surface area contributed by atoms with Gasteiger partial charge >= 0.3 is 0 Å². The molecule has 0 aromatic heterocycles. The van der Waals surface area contributed by atoms with Crippen molar-refractivity contribution in [3.63, 3.8) is 0 Å². The van der Waals surface area contributed by atoms with Gasteiger partial charge in [0.25, 0.3) is 0 Å². The Labute approximate surface area is 94.8 Å². The van der Waals surface area contributed by atoms with Gasteiger partial charge in [-0.05, 0) is 12.1 Å². The Kier molecular flexibility index (Phi) is 4.88. The molecule has 0 aliphatic heterocycles. The van der Waals surface area contributed by atoms with Gasteiger partial charge in [-0.2, -0.15) is 0 Å². The molecule has 1 rings (SSSR count). The van der Waals surface area contributed by atoms with E-state index in [1.807, 2.05) is 19.1 Å². The fraction of sp³-hybridized carbons (Fsp3) is 0.455. The highest BCUT2D eigenvalue weighted by Gasteiger charge is 2.08. The summed E-state index contributed by atoms with van der Waals surface area (Å²) in [6, 6.07) is 5.44. The molecule has 1 unspecified atom stereocenters. The molecule has 0 saturated carbocycles. The average molecular weight is 230 g/mol. The molecule has 3 nitrogen and oxygen atoms in total. The van der Waals surface area contributed by atoms with Crippen LogP contribution in [0.25, 0.3) is 0 Å². The summed E-state index contributed by atoms with van der Waals surface area (Å²) in [5, 5.41) is 9.48. The van der Waals surface area contributed by atoms with E-state index in [1.54, 1.807) is 6.07 Å². The standard InChI is InChI=1S/C11H16ClNO2/c1-8(6-14)7-15-11-4-2-3-10(12)9(11)5-13/h2-4,8,14H,5-7,13H2,1H3. The van der Waals surface area contributed by atoms with Crippen LogP contribution < -0.4 is 10.5 Å². The van der Waals surface area contributed by atoms with Crippen molar-refractivity contribution in [1.82, 2.24) is 0 Å². The van der Waals surface area contributed by atoms with E-state index in [0.29, 0.717) is 23.9 Å². The Bertz CT molecular complexity index is 317. The minimum absolute atomic E-state index is 0.106. The number of rotatable bonds is 5. The fourth-order valence-electron chi connectivity index (χ4n) is 1.16. The van der Waals surface area contributed by atoms with Crippen LogP contribution in [0, 0.1) is 5.92 Å². The number of benzene rings is 1. The normalized spacial score (nSPS) is 12.5. The average Bonchev–Trinajstić information content (AvgIpc) is 2.25. The van der Waals surface area contributed by atoms with Gasteiger partial charge in [-0.1, -0.05) is 24.6 Å². The molecule has 0 bridgehead atoms. The SMILES string of the molecule is CC(CO)COc1cccc(Cl)c1CN. The van der Waals surface area contributed by atoms with Crippen molar-refractivity contribution < 1.29 is 9.84 Å². The molecule has 15 heavy (non-hydrogen) atoms. The second-order valence-corrected chi connectivity index (χ2v) is 3.93. The number of aliphatic hydroxyl groups is 1. The number of halogens is 1. The largest absolute Gasteiger partial charge is 0.493 e.